The number of rotatable bonds is 2. The molecule has 126 valence electrons. The van der Waals surface area contributed by atoms with Crippen LogP contribution in [0.4, 0.5) is 0 Å². The largest absolute Gasteiger partial charge is 0.370 e. The first-order chi connectivity index (χ1) is 11.6. The number of amides is 1. The second-order valence-electron chi connectivity index (χ2n) is 7.12. The van der Waals surface area contributed by atoms with Gasteiger partial charge in [0.2, 0.25) is 5.91 Å². The molecule has 2 atom stereocenters. The van der Waals surface area contributed by atoms with E-state index in [1.54, 1.807) is 6.20 Å². The van der Waals surface area contributed by atoms with Gasteiger partial charge in [-0.1, -0.05) is 35.5 Å². The lowest BCUT2D eigenvalue weighted by Gasteiger charge is -2.43. The highest BCUT2D eigenvalue weighted by atomic mass is 16.5. The Kier molecular flexibility index (Phi) is 3.64. The van der Waals surface area contributed by atoms with Crippen LogP contribution in [0, 0.1) is 0 Å². The summed E-state index contributed by atoms with van der Waals surface area (Å²) in [7, 11) is 0. The minimum Gasteiger partial charge on any atom is -0.370 e. The molecular weight excluding hydrogens is 304 g/mol. The molecule has 0 N–H and O–H groups in total. The van der Waals surface area contributed by atoms with E-state index >= 15 is 0 Å². The van der Waals surface area contributed by atoms with Crippen molar-refractivity contribution < 1.29 is 9.53 Å². The van der Waals surface area contributed by atoms with E-state index in [0.29, 0.717) is 13.2 Å². The Labute approximate surface area is 141 Å². The van der Waals surface area contributed by atoms with Gasteiger partial charge in [-0.15, -0.1) is 5.10 Å². The van der Waals surface area contributed by atoms with Crippen LogP contribution in [0.1, 0.15) is 37.6 Å². The highest BCUT2D eigenvalue weighted by molar-refractivity contribution is 5.87. The molecule has 0 aliphatic carbocycles. The first kappa shape index (κ1) is 15.3. The highest BCUT2D eigenvalue weighted by Gasteiger charge is 2.41. The molecule has 2 aliphatic rings. The molecule has 1 fully saturated rings. The number of aromatic nitrogens is 3. The van der Waals surface area contributed by atoms with E-state index < -0.39 is 5.41 Å². The van der Waals surface area contributed by atoms with Crippen LogP contribution in [-0.2, 0) is 21.6 Å². The fraction of sp³-hybridized carbons (Fsp3) is 0.500. The van der Waals surface area contributed by atoms with Gasteiger partial charge in [-0.2, -0.15) is 0 Å². The smallest absolute Gasteiger partial charge is 0.232 e. The zero-order valence-electron chi connectivity index (χ0n) is 14.1. The third kappa shape index (κ3) is 2.41. The molecule has 0 saturated carbocycles. The Morgan fingerprint density at radius 3 is 2.88 bits per heavy atom. The topological polar surface area (TPSA) is 60.3 Å². The number of fused-ring (bicyclic) bond motifs is 3. The third-order valence-corrected chi connectivity index (χ3v) is 5.25. The van der Waals surface area contributed by atoms with Crippen LogP contribution < -0.4 is 0 Å². The van der Waals surface area contributed by atoms with E-state index in [-0.39, 0.29) is 18.1 Å². The average Bonchev–Trinajstić information content (AvgIpc) is 3.10. The molecule has 1 aromatic heterocycles. The van der Waals surface area contributed by atoms with Crippen molar-refractivity contribution in [3.8, 4) is 0 Å². The van der Waals surface area contributed by atoms with Crippen LogP contribution in [-0.4, -0.2) is 45.0 Å². The first-order valence-corrected chi connectivity index (χ1v) is 8.43. The van der Waals surface area contributed by atoms with Crippen LogP contribution >= 0.6 is 0 Å². The lowest BCUT2D eigenvalue weighted by Crippen LogP contribution is -2.53. The molecule has 4 rings (SSSR count). The number of nitrogens with zero attached hydrogens (tertiary/aromatic N) is 4. The van der Waals surface area contributed by atoms with Gasteiger partial charge in [0.05, 0.1) is 36.1 Å². The maximum atomic E-state index is 13.2. The Bertz CT molecular complexity index is 740. The number of hydrogen-bond acceptors (Lipinski definition) is 4. The van der Waals surface area contributed by atoms with Gasteiger partial charge < -0.3 is 9.64 Å². The standard InChI is InChI=1S/C18H22N4O2/c1-18(2,13-6-4-3-5-7-13)17(23)21-9-8-16-15(11-21)22-14(12-24-16)10-19-20-22/h3-7,10,15-16H,8-9,11-12H2,1-2H3/t15-,16-/m1/s1. The van der Waals surface area contributed by atoms with Crippen LogP contribution in [0.15, 0.2) is 36.5 Å². The Balaban J connectivity index is 1.57. The molecule has 1 aromatic carbocycles. The van der Waals surface area contributed by atoms with Gasteiger partial charge in [-0.25, -0.2) is 4.68 Å². The SMILES string of the molecule is CC(C)(C(=O)N1CC[C@H]2OCc3cnnn3[C@@H]2C1)c1ccccc1. The van der Waals surface area contributed by atoms with Gasteiger partial charge in [0.25, 0.3) is 0 Å². The number of likely N-dealkylation sites (tertiary alicyclic amines) is 1. The van der Waals surface area contributed by atoms with E-state index in [1.165, 1.54) is 0 Å². The molecule has 1 amide bonds. The number of carbonyl (C=O) groups excluding carboxylic acids is 1. The fourth-order valence-electron chi connectivity index (χ4n) is 3.74. The van der Waals surface area contributed by atoms with Gasteiger partial charge in [0.1, 0.15) is 0 Å². The molecule has 1 saturated heterocycles. The number of hydrogen-bond donors (Lipinski definition) is 0. The zero-order chi connectivity index (χ0) is 16.7. The maximum absolute atomic E-state index is 13.2. The van der Waals surface area contributed by atoms with Crippen LogP contribution in [0.3, 0.4) is 0 Å². The molecular formula is C18H22N4O2. The van der Waals surface area contributed by atoms with Crippen molar-refractivity contribution in [1.29, 1.82) is 0 Å². The molecule has 24 heavy (non-hydrogen) atoms. The minimum absolute atomic E-state index is 0.0560. The minimum atomic E-state index is -0.547. The van der Waals surface area contributed by atoms with Crippen LogP contribution in [0.25, 0.3) is 0 Å². The third-order valence-electron chi connectivity index (χ3n) is 5.25. The quantitative estimate of drug-likeness (QED) is 0.846. The van der Waals surface area contributed by atoms with Gasteiger partial charge in [-0.3, -0.25) is 4.79 Å². The summed E-state index contributed by atoms with van der Waals surface area (Å²) < 4.78 is 7.86. The molecule has 2 aliphatic heterocycles. The molecule has 2 aromatic rings. The summed E-state index contributed by atoms with van der Waals surface area (Å²) in [5, 5.41) is 8.19. The lowest BCUT2D eigenvalue weighted by atomic mass is 9.82. The predicted molar refractivity (Wildman–Crippen MR) is 88.3 cm³/mol. The maximum Gasteiger partial charge on any atom is 0.232 e. The fourth-order valence-corrected chi connectivity index (χ4v) is 3.74. The van der Waals surface area contributed by atoms with Gasteiger partial charge in [-0.05, 0) is 25.8 Å². The molecule has 0 radical (unpaired) electrons. The van der Waals surface area contributed by atoms with Crippen molar-refractivity contribution in [3.63, 3.8) is 0 Å². The second-order valence-corrected chi connectivity index (χ2v) is 7.12. The second kappa shape index (κ2) is 5.70. The van der Waals surface area contributed by atoms with E-state index in [4.69, 9.17) is 4.74 Å². The summed E-state index contributed by atoms with van der Waals surface area (Å²) in [5.41, 5.74) is 1.47. The van der Waals surface area contributed by atoms with E-state index in [1.807, 2.05) is 53.8 Å². The Morgan fingerprint density at radius 2 is 2.08 bits per heavy atom. The molecule has 3 heterocycles. The van der Waals surface area contributed by atoms with Crippen molar-refractivity contribution in [3.05, 3.63) is 47.8 Å². The van der Waals surface area contributed by atoms with Crippen molar-refractivity contribution in [2.45, 2.75) is 44.4 Å². The predicted octanol–water partition coefficient (Wildman–Crippen LogP) is 1.93. The number of benzene rings is 1. The molecule has 6 heteroatoms. The van der Waals surface area contributed by atoms with Gasteiger partial charge in [0.15, 0.2) is 0 Å². The van der Waals surface area contributed by atoms with Crippen molar-refractivity contribution in [1.82, 2.24) is 19.9 Å². The van der Waals surface area contributed by atoms with Crippen molar-refractivity contribution in [2.24, 2.45) is 0 Å². The summed E-state index contributed by atoms with van der Waals surface area (Å²) in [5.74, 6) is 0.152. The van der Waals surface area contributed by atoms with E-state index in [0.717, 1.165) is 24.2 Å². The van der Waals surface area contributed by atoms with Crippen LogP contribution in [0.2, 0.25) is 0 Å². The highest BCUT2D eigenvalue weighted by Crippen LogP contribution is 2.33. The van der Waals surface area contributed by atoms with Crippen molar-refractivity contribution in [2.75, 3.05) is 13.1 Å². The normalized spacial score (nSPS) is 23.5. The Hall–Kier alpha value is -2.21. The van der Waals surface area contributed by atoms with Crippen LogP contribution in [0.5, 0.6) is 0 Å². The number of piperidine rings is 1. The zero-order valence-corrected chi connectivity index (χ0v) is 14.1. The molecule has 0 bridgehead atoms. The Morgan fingerprint density at radius 1 is 1.29 bits per heavy atom. The summed E-state index contributed by atoms with van der Waals surface area (Å²) >= 11 is 0. The summed E-state index contributed by atoms with van der Waals surface area (Å²) in [6.45, 7) is 5.89. The molecule has 6 nitrogen and oxygen atoms in total. The monoisotopic (exact) mass is 326 g/mol. The first-order valence-electron chi connectivity index (χ1n) is 8.43. The molecule has 0 spiro atoms. The molecule has 0 unspecified atom stereocenters. The van der Waals surface area contributed by atoms with E-state index in [9.17, 15) is 4.79 Å². The summed E-state index contributed by atoms with van der Waals surface area (Å²) in [4.78, 5) is 15.1. The lowest BCUT2D eigenvalue weighted by molar-refractivity contribution is -0.143. The van der Waals surface area contributed by atoms with Gasteiger partial charge in [0, 0.05) is 13.1 Å². The number of carbonyl (C=O) groups is 1. The van der Waals surface area contributed by atoms with E-state index in [2.05, 4.69) is 10.3 Å². The summed E-state index contributed by atoms with van der Waals surface area (Å²) in [6, 6.07) is 10.0. The van der Waals surface area contributed by atoms with Crippen molar-refractivity contribution >= 4 is 5.91 Å². The average molecular weight is 326 g/mol. The van der Waals surface area contributed by atoms with Gasteiger partial charge >= 0.3 is 0 Å². The summed E-state index contributed by atoms with van der Waals surface area (Å²) in [6.07, 6.45) is 2.69. The number of ether oxygens (including phenoxy) is 1.